The lowest BCUT2D eigenvalue weighted by Crippen LogP contribution is -2.40. The minimum atomic E-state index is -0.975. The molecule has 2 rings (SSSR count). The molecule has 0 bridgehead atoms. The standard InChI is InChI=1S/C11H12FNO2/c1-11(2)9(14)7-5-6(12)3-4-8(7)13-10(11)15/h3-5,9,14H,1-2H3,(H,13,15). The van der Waals surface area contributed by atoms with Crippen LogP contribution in [0.3, 0.4) is 0 Å². The van der Waals surface area contributed by atoms with E-state index in [9.17, 15) is 14.3 Å². The highest BCUT2D eigenvalue weighted by atomic mass is 19.1. The molecule has 0 saturated heterocycles. The van der Waals surface area contributed by atoms with Crippen molar-refractivity contribution in [1.82, 2.24) is 0 Å². The van der Waals surface area contributed by atoms with E-state index in [0.29, 0.717) is 11.3 Å². The van der Waals surface area contributed by atoms with Gasteiger partial charge in [-0.2, -0.15) is 0 Å². The van der Waals surface area contributed by atoms with Crippen LogP contribution in [0, 0.1) is 11.2 Å². The quantitative estimate of drug-likeness (QED) is 0.685. The van der Waals surface area contributed by atoms with Gasteiger partial charge < -0.3 is 10.4 Å². The first-order chi connectivity index (χ1) is 6.93. The van der Waals surface area contributed by atoms with E-state index in [-0.39, 0.29) is 5.91 Å². The molecule has 1 unspecified atom stereocenters. The van der Waals surface area contributed by atoms with Crippen LogP contribution in [0.5, 0.6) is 0 Å². The second kappa shape index (κ2) is 3.03. The highest BCUT2D eigenvalue weighted by molar-refractivity contribution is 5.98. The minimum absolute atomic E-state index is 0.255. The van der Waals surface area contributed by atoms with Crippen molar-refractivity contribution in [1.29, 1.82) is 0 Å². The van der Waals surface area contributed by atoms with E-state index in [4.69, 9.17) is 0 Å². The maximum atomic E-state index is 13.0. The number of hydrogen-bond acceptors (Lipinski definition) is 2. The van der Waals surface area contributed by atoms with Gasteiger partial charge in [0, 0.05) is 11.3 Å². The molecule has 1 aromatic rings. The number of benzene rings is 1. The molecule has 80 valence electrons. The number of hydrogen-bond donors (Lipinski definition) is 2. The summed E-state index contributed by atoms with van der Waals surface area (Å²) >= 11 is 0. The third-order valence-corrected chi connectivity index (χ3v) is 2.83. The van der Waals surface area contributed by atoms with E-state index in [2.05, 4.69) is 5.32 Å². The molecule has 1 aromatic carbocycles. The predicted octanol–water partition coefficient (Wildman–Crippen LogP) is 1.84. The van der Waals surface area contributed by atoms with Gasteiger partial charge in [0.1, 0.15) is 5.82 Å². The highest BCUT2D eigenvalue weighted by Gasteiger charge is 2.41. The number of nitrogens with one attached hydrogen (secondary N) is 1. The van der Waals surface area contributed by atoms with Crippen LogP contribution >= 0.6 is 0 Å². The van der Waals surface area contributed by atoms with Crippen molar-refractivity contribution in [2.24, 2.45) is 5.41 Å². The molecule has 0 aromatic heterocycles. The molecule has 0 aliphatic carbocycles. The molecule has 2 N–H and O–H groups in total. The summed E-state index contributed by atoms with van der Waals surface area (Å²) in [5.41, 5.74) is -0.0197. The number of carbonyl (C=O) groups excluding carboxylic acids is 1. The third-order valence-electron chi connectivity index (χ3n) is 2.83. The van der Waals surface area contributed by atoms with E-state index >= 15 is 0 Å². The Bertz CT molecular complexity index is 429. The van der Waals surface area contributed by atoms with Gasteiger partial charge in [-0.3, -0.25) is 4.79 Å². The number of aliphatic hydroxyl groups excluding tert-OH is 1. The van der Waals surface area contributed by atoms with Crippen molar-refractivity contribution in [2.45, 2.75) is 20.0 Å². The van der Waals surface area contributed by atoms with E-state index < -0.39 is 17.3 Å². The molecule has 0 saturated carbocycles. The second-order valence-electron chi connectivity index (χ2n) is 4.31. The normalized spacial score (nSPS) is 23.2. The number of amides is 1. The Morgan fingerprint density at radius 1 is 1.47 bits per heavy atom. The van der Waals surface area contributed by atoms with Crippen LogP contribution in [0.15, 0.2) is 18.2 Å². The van der Waals surface area contributed by atoms with Crippen molar-refractivity contribution >= 4 is 11.6 Å². The number of rotatable bonds is 0. The van der Waals surface area contributed by atoms with Crippen LogP contribution in [0.4, 0.5) is 10.1 Å². The Balaban J connectivity index is 2.57. The average molecular weight is 209 g/mol. The zero-order valence-corrected chi connectivity index (χ0v) is 8.54. The van der Waals surface area contributed by atoms with Crippen molar-refractivity contribution in [3.63, 3.8) is 0 Å². The Morgan fingerprint density at radius 3 is 2.80 bits per heavy atom. The van der Waals surface area contributed by atoms with Crippen LogP contribution in [0.25, 0.3) is 0 Å². The van der Waals surface area contributed by atoms with Crippen molar-refractivity contribution < 1.29 is 14.3 Å². The lowest BCUT2D eigenvalue weighted by molar-refractivity contribution is -0.130. The fourth-order valence-corrected chi connectivity index (χ4v) is 1.67. The molecule has 3 nitrogen and oxygen atoms in total. The Morgan fingerprint density at radius 2 is 2.13 bits per heavy atom. The largest absolute Gasteiger partial charge is 0.387 e. The van der Waals surface area contributed by atoms with Crippen LogP contribution < -0.4 is 5.32 Å². The van der Waals surface area contributed by atoms with E-state index in [1.54, 1.807) is 13.8 Å². The summed E-state index contributed by atoms with van der Waals surface area (Å²) in [6.07, 6.45) is -0.975. The molecule has 15 heavy (non-hydrogen) atoms. The highest BCUT2D eigenvalue weighted by Crippen LogP contribution is 2.41. The average Bonchev–Trinajstić information content (AvgIpc) is 2.17. The summed E-state index contributed by atoms with van der Waals surface area (Å²) in [6, 6.07) is 3.96. The first-order valence-electron chi connectivity index (χ1n) is 4.72. The third kappa shape index (κ3) is 1.41. The Labute approximate surface area is 86.9 Å². The monoisotopic (exact) mass is 209 g/mol. The molecular formula is C11H12FNO2. The molecule has 0 spiro atoms. The van der Waals surface area contributed by atoms with Crippen molar-refractivity contribution in [3.8, 4) is 0 Å². The lowest BCUT2D eigenvalue weighted by atomic mass is 9.78. The number of halogens is 1. The Kier molecular flexibility index (Phi) is 2.04. The van der Waals surface area contributed by atoms with Gasteiger partial charge in [0.15, 0.2) is 0 Å². The van der Waals surface area contributed by atoms with E-state index in [1.807, 2.05) is 0 Å². The minimum Gasteiger partial charge on any atom is -0.387 e. The van der Waals surface area contributed by atoms with Gasteiger partial charge in [-0.05, 0) is 32.0 Å². The SMILES string of the molecule is CC1(C)C(=O)Nc2ccc(F)cc2C1O. The van der Waals surface area contributed by atoms with Crippen molar-refractivity contribution in [3.05, 3.63) is 29.6 Å². The summed E-state index contributed by atoms with van der Waals surface area (Å²) in [7, 11) is 0. The number of carbonyl (C=O) groups is 1. The first kappa shape index (κ1) is 10.1. The molecule has 4 heteroatoms. The van der Waals surface area contributed by atoms with Crippen LogP contribution in [-0.2, 0) is 4.79 Å². The molecular weight excluding hydrogens is 197 g/mol. The molecule has 0 fully saturated rings. The fraction of sp³-hybridized carbons (Fsp3) is 0.364. The second-order valence-corrected chi connectivity index (χ2v) is 4.31. The molecule has 1 amide bonds. The maximum absolute atomic E-state index is 13.0. The molecule has 0 radical (unpaired) electrons. The Hall–Kier alpha value is -1.42. The van der Waals surface area contributed by atoms with Gasteiger partial charge in [-0.15, -0.1) is 0 Å². The summed E-state index contributed by atoms with van der Waals surface area (Å²) in [4.78, 5) is 11.6. The van der Waals surface area contributed by atoms with E-state index in [1.165, 1.54) is 18.2 Å². The molecule has 1 heterocycles. The summed E-state index contributed by atoms with van der Waals surface area (Å²) in [5, 5.41) is 12.6. The fourth-order valence-electron chi connectivity index (χ4n) is 1.67. The van der Waals surface area contributed by atoms with Gasteiger partial charge in [0.05, 0.1) is 11.5 Å². The van der Waals surface area contributed by atoms with Crippen LogP contribution in [0.1, 0.15) is 25.5 Å². The number of anilines is 1. The van der Waals surface area contributed by atoms with Gasteiger partial charge in [-0.1, -0.05) is 0 Å². The maximum Gasteiger partial charge on any atom is 0.233 e. The zero-order valence-electron chi connectivity index (χ0n) is 8.54. The van der Waals surface area contributed by atoms with Crippen molar-refractivity contribution in [2.75, 3.05) is 5.32 Å². The summed E-state index contributed by atoms with van der Waals surface area (Å²) < 4.78 is 13.0. The predicted molar refractivity (Wildman–Crippen MR) is 53.8 cm³/mol. The molecule has 1 aliphatic rings. The lowest BCUT2D eigenvalue weighted by Gasteiger charge is -2.35. The zero-order chi connectivity index (χ0) is 11.2. The summed E-state index contributed by atoms with van der Waals surface area (Å²) in [5.74, 6) is -0.672. The molecule has 1 atom stereocenters. The van der Waals surface area contributed by atoms with E-state index in [0.717, 1.165) is 0 Å². The summed E-state index contributed by atoms with van der Waals surface area (Å²) in [6.45, 7) is 3.25. The first-order valence-corrected chi connectivity index (χ1v) is 4.72. The number of fused-ring (bicyclic) bond motifs is 1. The van der Waals surface area contributed by atoms with Crippen LogP contribution in [0.2, 0.25) is 0 Å². The van der Waals surface area contributed by atoms with Crippen LogP contribution in [-0.4, -0.2) is 11.0 Å². The topological polar surface area (TPSA) is 49.3 Å². The number of aliphatic hydroxyl groups is 1. The van der Waals surface area contributed by atoms with Gasteiger partial charge in [-0.25, -0.2) is 4.39 Å². The molecule has 1 aliphatic heterocycles. The van der Waals surface area contributed by atoms with Gasteiger partial charge in [0.2, 0.25) is 5.91 Å². The van der Waals surface area contributed by atoms with Gasteiger partial charge in [0.25, 0.3) is 0 Å². The van der Waals surface area contributed by atoms with Gasteiger partial charge >= 0.3 is 0 Å². The smallest absolute Gasteiger partial charge is 0.233 e.